The molecule has 0 fully saturated rings. The minimum atomic E-state index is -0.141. The van der Waals surface area contributed by atoms with Crippen LogP contribution < -0.4 is 5.73 Å². The third-order valence-corrected chi connectivity index (χ3v) is 4.54. The Kier molecular flexibility index (Phi) is 3.56. The van der Waals surface area contributed by atoms with Gasteiger partial charge in [0, 0.05) is 15.0 Å². The lowest BCUT2D eigenvalue weighted by molar-refractivity contribution is 0.104. The monoisotopic (exact) mass is 329 g/mol. The van der Waals surface area contributed by atoms with Gasteiger partial charge in [-0.25, -0.2) is 0 Å². The Morgan fingerprint density at radius 1 is 1.47 bits per heavy atom. The highest BCUT2D eigenvalue weighted by Crippen LogP contribution is 2.32. The van der Waals surface area contributed by atoms with Crippen LogP contribution in [-0.4, -0.2) is 5.78 Å². The molecule has 0 aliphatic carbocycles. The summed E-state index contributed by atoms with van der Waals surface area (Å²) in [5, 5.41) is 0.382. The first kappa shape index (κ1) is 12.6. The smallest absolute Gasteiger partial charge is 0.207 e. The summed E-state index contributed by atoms with van der Waals surface area (Å²) in [5.41, 5.74) is 6.58. The van der Waals surface area contributed by atoms with E-state index in [1.807, 2.05) is 13.0 Å². The number of hydrogen-bond donors (Lipinski definition) is 1. The second kappa shape index (κ2) is 4.80. The van der Waals surface area contributed by atoms with Gasteiger partial charge in [0.1, 0.15) is 0 Å². The van der Waals surface area contributed by atoms with Crippen molar-refractivity contribution in [2.24, 2.45) is 0 Å². The van der Waals surface area contributed by atoms with Gasteiger partial charge in [-0.05, 0) is 41.1 Å². The number of halogens is 2. The maximum Gasteiger partial charge on any atom is 0.207 e. The normalized spacial score (nSPS) is 10.5. The molecule has 1 aromatic heterocycles. The molecular formula is C12H9BrClNOS. The third-order valence-electron chi connectivity index (χ3n) is 2.29. The summed E-state index contributed by atoms with van der Waals surface area (Å²) in [6, 6.07) is 6.97. The number of anilines is 1. The average Bonchev–Trinajstić information content (AvgIpc) is 2.57. The number of aryl methyl sites for hydroxylation is 1. The van der Waals surface area contributed by atoms with E-state index in [1.54, 1.807) is 18.2 Å². The summed E-state index contributed by atoms with van der Waals surface area (Å²) in [6.07, 6.45) is 0. The number of ketones is 1. The predicted molar refractivity (Wildman–Crippen MR) is 76.1 cm³/mol. The van der Waals surface area contributed by atoms with Crippen LogP contribution in [0.25, 0.3) is 0 Å². The predicted octanol–water partition coefficient (Wildman–Crippen LogP) is 4.29. The number of thiophene rings is 1. The molecule has 0 amide bonds. The van der Waals surface area contributed by atoms with Crippen LogP contribution in [-0.2, 0) is 0 Å². The molecule has 2 N–H and O–H groups in total. The number of carbonyl (C=O) groups excluding carboxylic acids is 1. The fraction of sp³-hybridized carbons (Fsp3) is 0.0833. The lowest BCUT2D eigenvalue weighted by Crippen LogP contribution is -2.05. The minimum absolute atomic E-state index is 0.141. The lowest BCUT2D eigenvalue weighted by Gasteiger charge is -2.05. The molecule has 5 heteroatoms. The van der Waals surface area contributed by atoms with Crippen LogP contribution in [0.2, 0.25) is 5.02 Å². The van der Waals surface area contributed by atoms with Crippen LogP contribution in [0.15, 0.2) is 28.7 Å². The zero-order valence-electron chi connectivity index (χ0n) is 8.96. The van der Waals surface area contributed by atoms with E-state index < -0.39 is 0 Å². The Morgan fingerprint density at radius 3 is 2.71 bits per heavy atom. The number of hydrogen-bond acceptors (Lipinski definition) is 3. The van der Waals surface area contributed by atoms with Crippen LogP contribution in [0.1, 0.15) is 20.1 Å². The largest absolute Gasteiger partial charge is 0.398 e. The molecule has 0 bridgehead atoms. The molecule has 0 unspecified atom stereocenters. The lowest BCUT2D eigenvalue weighted by atomic mass is 10.1. The van der Waals surface area contributed by atoms with Crippen LogP contribution in [0.4, 0.5) is 5.69 Å². The van der Waals surface area contributed by atoms with Crippen molar-refractivity contribution in [3.05, 3.63) is 49.1 Å². The van der Waals surface area contributed by atoms with Crippen molar-refractivity contribution in [3.8, 4) is 0 Å². The molecule has 88 valence electrons. The summed E-state index contributed by atoms with van der Waals surface area (Å²) >= 11 is 10.8. The number of nitrogens with two attached hydrogens (primary N) is 1. The van der Waals surface area contributed by atoms with Gasteiger partial charge in [-0.15, -0.1) is 11.3 Å². The van der Waals surface area contributed by atoms with Crippen LogP contribution in [0.5, 0.6) is 0 Å². The molecule has 0 aliphatic heterocycles. The molecular weight excluding hydrogens is 322 g/mol. The quantitative estimate of drug-likeness (QED) is 0.659. The van der Waals surface area contributed by atoms with Crippen molar-refractivity contribution in [3.63, 3.8) is 0 Å². The van der Waals surface area contributed by atoms with Gasteiger partial charge in [0.05, 0.1) is 15.5 Å². The van der Waals surface area contributed by atoms with Crippen molar-refractivity contribution < 1.29 is 4.79 Å². The second-order valence-corrected chi connectivity index (χ2v) is 6.09. The van der Waals surface area contributed by atoms with Gasteiger partial charge in [-0.3, -0.25) is 4.79 Å². The zero-order chi connectivity index (χ0) is 12.6. The molecule has 0 spiro atoms. The zero-order valence-corrected chi connectivity index (χ0v) is 12.1. The average molecular weight is 331 g/mol. The molecule has 2 rings (SSSR count). The first-order valence-corrected chi connectivity index (χ1v) is 6.84. The van der Waals surface area contributed by atoms with E-state index in [0.717, 1.165) is 9.35 Å². The highest BCUT2D eigenvalue weighted by molar-refractivity contribution is 9.10. The molecule has 1 aromatic carbocycles. The second-order valence-electron chi connectivity index (χ2n) is 3.57. The van der Waals surface area contributed by atoms with Gasteiger partial charge in [0.15, 0.2) is 0 Å². The summed E-state index contributed by atoms with van der Waals surface area (Å²) < 4.78 is 0.782. The van der Waals surface area contributed by atoms with Gasteiger partial charge >= 0.3 is 0 Å². The van der Waals surface area contributed by atoms with Crippen molar-refractivity contribution in [1.82, 2.24) is 0 Å². The minimum Gasteiger partial charge on any atom is -0.398 e. The molecule has 0 aliphatic rings. The van der Waals surface area contributed by atoms with E-state index >= 15 is 0 Å². The van der Waals surface area contributed by atoms with Gasteiger partial charge in [0.25, 0.3) is 0 Å². The van der Waals surface area contributed by atoms with Crippen molar-refractivity contribution in [2.75, 3.05) is 5.73 Å². The summed E-state index contributed by atoms with van der Waals surface area (Å²) in [5.74, 6) is -0.141. The van der Waals surface area contributed by atoms with Crippen molar-refractivity contribution >= 4 is 50.3 Å². The van der Waals surface area contributed by atoms with E-state index in [4.69, 9.17) is 17.3 Å². The van der Waals surface area contributed by atoms with Gasteiger partial charge < -0.3 is 5.73 Å². The Hall–Kier alpha value is -0.840. The molecule has 0 saturated carbocycles. The standard InChI is InChI=1S/C12H9BrClNOS/c1-6-5-7(13)12(17-6)11(16)10-8(14)3-2-4-9(10)15/h2-5H,15H2,1H3. The SMILES string of the molecule is Cc1cc(Br)c(C(=O)c2c(N)cccc2Cl)s1. The fourth-order valence-electron chi connectivity index (χ4n) is 1.53. The Balaban J connectivity index is 2.55. The highest BCUT2D eigenvalue weighted by atomic mass is 79.9. The molecule has 1 heterocycles. The molecule has 17 heavy (non-hydrogen) atoms. The summed E-state index contributed by atoms with van der Waals surface area (Å²) in [4.78, 5) is 14.0. The third kappa shape index (κ3) is 2.39. The Morgan fingerprint density at radius 2 is 2.18 bits per heavy atom. The van der Waals surface area contributed by atoms with Gasteiger partial charge in [-0.2, -0.15) is 0 Å². The Labute approximate surface area is 117 Å². The summed E-state index contributed by atoms with van der Waals surface area (Å²) in [6.45, 7) is 1.95. The number of carbonyl (C=O) groups is 1. The first-order chi connectivity index (χ1) is 8.00. The number of nitrogen functional groups attached to an aromatic ring is 1. The van der Waals surface area contributed by atoms with Crippen LogP contribution in [0, 0.1) is 6.92 Å². The van der Waals surface area contributed by atoms with E-state index in [-0.39, 0.29) is 5.78 Å². The van der Waals surface area contributed by atoms with Crippen molar-refractivity contribution in [2.45, 2.75) is 6.92 Å². The number of benzene rings is 1. The van der Waals surface area contributed by atoms with E-state index in [1.165, 1.54) is 11.3 Å². The Bertz CT molecular complexity index is 574. The topological polar surface area (TPSA) is 43.1 Å². The van der Waals surface area contributed by atoms with Crippen LogP contribution >= 0.6 is 38.9 Å². The summed E-state index contributed by atoms with van der Waals surface area (Å²) in [7, 11) is 0. The maximum atomic E-state index is 12.3. The molecule has 0 atom stereocenters. The van der Waals surface area contributed by atoms with Crippen LogP contribution in [0.3, 0.4) is 0 Å². The van der Waals surface area contributed by atoms with Crippen molar-refractivity contribution in [1.29, 1.82) is 0 Å². The molecule has 0 saturated heterocycles. The highest BCUT2D eigenvalue weighted by Gasteiger charge is 2.20. The molecule has 0 radical (unpaired) electrons. The van der Waals surface area contributed by atoms with E-state index in [9.17, 15) is 4.79 Å². The fourth-order valence-corrected chi connectivity index (χ4v) is 3.57. The van der Waals surface area contributed by atoms with Gasteiger partial charge in [0.2, 0.25) is 5.78 Å². The number of rotatable bonds is 2. The van der Waals surface area contributed by atoms with E-state index in [0.29, 0.717) is 21.2 Å². The van der Waals surface area contributed by atoms with Gasteiger partial charge in [-0.1, -0.05) is 17.7 Å². The first-order valence-electron chi connectivity index (χ1n) is 4.85. The maximum absolute atomic E-state index is 12.3. The molecule has 2 aromatic rings. The van der Waals surface area contributed by atoms with E-state index in [2.05, 4.69) is 15.9 Å². The molecule has 2 nitrogen and oxygen atoms in total.